The van der Waals surface area contributed by atoms with Gasteiger partial charge in [-0.25, -0.2) is 0 Å². The summed E-state index contributed by atoms with van der Waals surface area (Å²) in [5.41, 5.74) is 4.45. The topological polar surface area (TPSA) is 72.5 Å². The highest BCUT2D eigenvalue weighted by atomic mass is 16.5. The van der Waals surface area contributed by atoms with Crippen LogP contribution in [0.3, 0.4) is 0 Å². The standard InChI is InChI=1S/C11H23NO3/c1-4-6-9(2)15-8-5-7-11(3,12)10(13)14/h9H,4-8,12H2,1-3H3,(H,13,14). The van der Waals surface area contributed by atoms with Crippen LogP contribution in [0.4, 0.5) is 0 Å². The molecular weight excluding hydrogens is 194 g/mol. The Morgan fingerprint density at radius 1 is 1.60 bits per heavy atom. The maximum absolute atomic E-state index is 10.7. The van der Waals surface area contributed by atoms with E-state index >= 15 is 0 Å². The largest absolute Gasteiger partial charge is 0.480 e. The van der Waals surface area contributed by atoms with Gasteiger partial charge in [-0.3, -0.25) is 4.79 Å². The van der Waals surface area contributed by atoms with Crippen LogP contribution in [0.1, 0.15) is 46.5 Å². The summed E-state index contributed by atoms with van der Waals surface area (Å²) in [5.74, 6) is -0.955. The fraction of sp³-hybridized carbons (Fsp3) is 0.909. The molecule has 0 saturated carbocycles. The van der Waals surface area contributed by atoms with Crippen LogP contribution in [0.5, 0.6) is 0 Å². The Hall–Kier alpha value is -0.610. The summed E-state index contributed by atoms with van der Waals surface area (Å²) in [6.07, 6.45) is 3.53. The molecule has 90 valence electrons. The first kappa shape index (κ1) is 14.4. The lowest BCUT2D eigenvalue weighted by Crippen LogP contribution is -2.44. The highest BCUT2D eigenvalue weighted by Crippen LogP contribution is 2.10. The Morgan fingerprint density at radius 2 is 2.20 bits per heavy atom. The van der Waals surface area contributed by atoms with Crippen molar-refractivity contribution in [2.24, 2.45) is 5.73 Å². The Labute approximate surface area is 91.8 Å². The van der Waals surface area contributed by atoms with Crippen molar-refractivity contribution in [3.8, 4) is 0 Å². The molecule has 0 aromatic rings. The van der Waals surface area contributed by atoms with Gasteiger partial charge in [-0.1, -0.05) is 13.3 Å². The molecule has 0 heterocycles. The quantitative estimate of drug-likeness (QED) is 0.608. The predicted molar refractivity (Wildman–Crippen MR) is 59.8 cm³/mol. The number of hydrogen-bond donors (Lipinski definition) is 2. The molecule has 4 heteroatoms. The fourth-order valence-corrected chi connectivity index (χ4v) is 1.32. The number of hydrogen-bond acceptors (Lipinski definition) is 3. The molecule has 0 radical (unpaired) electrons. The van der Waals surface area contributed by atoms with E-state index in [9.17, 15) is 4.79 Å². The van der Waals surface area contributed by atoms with Crippen molar-refractivity contribution in [1.29, 1.82) is 0 Å². The van der Waals surface area contributed by atoms with Crippen LogP contribution < -0.4 is 5.73 Å². The van der Waals surface area contributed by atoms with Gasteiger partial charge in [0, 0.05) is 6.61 Å². The zero-order chi connectivity index (χ0) is 11.9. The van der Waals surface area contributed by atoms with Gasteiger partial charge >= 0.3 is 5.97 Å². The van der Waals surface area contributed by atoms with Gasteiger partial charge in [-0.2, -0.15) is 0 Å². The summed E-state index contributed by atoms with van der Waals surface area (Å²) in [6, 6.07) is 0. The zero-order valence-electron chi connectivity index (χ0n) is 9.95. The van der Waals surface area contributed by atoms with Gasteiger partial charge in [-0.15, -0.1) is 0 Å². The lowest BCUT2D eigenvalue weighted by atomic mass is 9.98. The second-order valence-corrected chi connectivity index (χ2v) is 4.30. The average Bonchev–Trinajstić information content (AvgIpc) is 2.13. The maximum Gasteiger partial charge on any atom is 0.323 e. The van der Waals surface area contributed by atoms with Crippen molar-refractivity contribution in [1.82, 2.24) is 0 Å². The van der Waals surface area contributed by atoms with Crippen molar-refractivity contribution in [3.63, 3.8) is 0 Å². The van der Waals surface area contributed by atoms with Crippen LogP contribution in [0.2, 0.25) is 0 Å². The van der Waals surface area contributed by atoms with Crippen molar-refractivity contribution >= 4 is 5.97 Å². The van der Waals surface area contributed by atoms with E-state index < -0.39 is 11.5 Å². The monoisotopic (exact) mass is 217 g/mol. The van der Waals surface area contributed by atoms with E-state index in [2.05, 4.69) is 6.92 Å². The minimum absolute atomic E-state index is 0.254. The van der Waals surface area contributed by atoms with Gasteiger partial charge in [0.25, 0.3) is 0 Å². The van der Waals surface area contributed by atoms with Gasteiger partial charge in [0.05, 0.1) is 6.10 Å². The Bertz CT molecular complexity index is 192. The first-order valence-electron chi connectivity index (χ1n) is 5.54. The smallest absolute Gasteiger partial charge is 0.323 e. The highest BCUT2D eigenvalue weighted by Gasteiger charge is 2.26. The summed E-state index contributed by atoms with van der Waals surface area (Å²) < 4.78 is 5.51. The molecule has 0 aromatic heterocycles. The number of carboxylic acids is 1. The molecule has 0 aliphatic heterocycles. The zero-order valence-corrected chi connectivity index (χ0v) is 9.95. The molecular formula is C11H23NO3. The second kappa shape index (κ2) is 6.80. The third-order valence-corrected chi connectivity index (χ3v) is 2.43. The average molecular weight is 217 g/mol. The van der Waals surface area contributed by atoms with Gasteiger partial charge in [0.2, 0.25) is 0 Å². The molecule has 0 bridgehead atoms. The van der Waals surface area contributed by atoms with E-state index in [0.29, 0.717) is 19.4 Å². The normalized spacial score (nSPS) is 17.1. The predicted octanol–water partition coefficient (Wildman–Crippen LogP) is 1.77. The van der Waals surface area contributed by atoms with Gasteiger partial charge in [0.1, 0.15) is 5.54 Å². The minimum atomic E-state index is -1.13. The SMILES string of the molecule is CCCC(C)OCCCC(C)(N)C(=O)O. The van der Waals surface area contributed by atoms with E-state index in [1.165, 1.54) is 6.92 Å². The fourth-order valence-electron chi connectivity index (χ4n) is 1.32. The molecule has 0 amide bonds. The lowest BCUT2D eigenvalue weighted by molar-refractivity contribution is -0.143. The van der Waals surface area contributed by atoms with Crippen molar-refractivity contribution < 1.29 is 14.6 Å². The van der Waals surface area contributed by atoms with Gasteiger partial charge in [0.15, 0.2) is 0 Å². The molecule has 2 unspecified atom stereocenters. The second-order valence-electron chi connectivity index (χ2n) is 4.30. The molecule has 0 aromatic carbocycles. The first-order valence-corrected chi connectivity index (χ1v) is 5.54. The van der Waals surface area contributed by atoms with Crippen LogP contribution >= 0.6 is 0 Å². The molecule has 0 saturated heterocycles. The maximum atomic E-state index is 10.7. The lowest BCUT2D eigenvalue weighted by Gasteiger charge is -2.19. The van der Waals surface area contributed by atoms with Crippen LogP contribution in [0.15, 0.2) is 0 Å². The van der Waals surface area contributed by atoms with E-state index in [0.717, 1.165) is 12.8 Å². The Morgan fingerprint density at radius 3 is 2.67 bits per heavy atom. The van der Waals surface area contributed by atoms with E-state index in [4.69, 9.17) is 15.6 Å². The highest BCUT2D eigenvalue weighted by molar-refractivity contribution is 5.77. The molecule has 0 aliphatic rings. The minimum Gasteiger partial charge on any atom is -0.480 e. The molecule has 4 nitrogen and oxygen atoms in total. The third kappa shape index (κ3) is 6.47. The Balaban J connectivity index is 3.58. The third-order valence-electron chi connectivity index (χ3n) is 2.43. The summed E-state index contributed by atoms with van der Waals surface area (Å²) in [7, 11) is 0. The van der Waals surface area contributed by atoms with E-state index in [1.54, 1.807) is 0 Å². The summed E-state index contributed by atoms with van der Waals surface area (Å²) in [6.45, 7) is 6.26. The van der Waals surface area contributed by atoms with Crippen molar-refractivity contribution in [3.05, 3.63) is 0 Å². The molecule has 0 fully saturated rings. The van der Waals surface area contributed by atoms with Crippen LogP contribution in [-0.4, -0.2) is 29.3 Å². The molecule has 0 rings (SSSR count). The summed E-state index contributed by atoms with van der Waals surface area (Å²) in [5, 5.41) is 8.77. The van der Waals surface area contributed by atoms with Gasteiger partial charge < -0.3 is 15.6 Å². The molecule has 0 aliphatic carbocycles. The van der Waals surface area contributed by atoms with Gasteiger partial charge in [-0.05, 0) is 33.1 Å². The molecule has 0 spiro atoms. The van der Waals surface area contributed by atoms with E-state index in [1.807, 2.05) is 6.92 Å². The number of aliphatic carboxylic acids is 1. The van der Waals surface area contributed by atoms with Crippen LogP contribution in [0, 0.1) is 0 Å². The Kier molecular flexibility index (Phi) is 6.52. The molecule has 2 atom stereocenters. The molecule has 15 heavy (non-hydrogen) atoms. The summed E-state index contributed by atoms with van der Waals surface area (Å²) >= 11 is 0. The van der Waals surface area contributed by atoms with Crippen LogP contribution in [-0.2, 0) is 9.53 Å². The van der Waals surface area contributed by atoms with Crippen LogP contribution in [0.25, 0.3) is 0 Å². The van der Waals surface area contributed by atoms with Crippen molar-refractivity contribution in [2.45, 2.75) is 58.1 Å². The van der Waals surface area contributed by atoms with Crippen molar-refractivity contribution in [2.75, 3.05) is 6.61 Å². The number of carbonyl (C=O) groups is 1. The number of carboxylic acid groups (broad SMARTS) is 1. The number of nitrogens with two attached hydrogens (primary N) is 1. The number of rotatable bonds is 8. The summed E-state index contributed by atoms with van der Waals surface area (Å²) in [4.78, 5) is 10.7. The van der Waals surface area contributed by atoms with E-state index in [-0.39, 0.29) is 6.10 Å². The number of ether oxygens (including phenoxy) is 1. The first-order chi connectivity index (χ1) is 6.90. The molecule has 3 N–H and O–H groups in total.